The van der Waals surface area contributed by atoms with E-state index >= 15 is 0 Å². The number of nitrogens with zero attached hydrogens (tertiary/aromatic N) is 2. The van der Waals surface area contributed by atoms with E-state index in [1.54, 1.807) is 0 Å². The molecule has 1 saturated carbocycles. The third-order valence-electron chi connectivity index (χ3n) is 3.39. The zero-order valence-corrected chi connectivity index (χ0v) is 10.6. The number of rotatable bonds is 3. The van der Waals surface area contributed by atoms with Crippen LogP contribution in [0.1, 0.15) is 43.0 Å². The standard InChI is InChI=1S/C12H16ClN3O/c1-8-4-2-3-5-10(8)16-12-9(6-17)11(13)14-7-15-12/h6-8,10H,2-5H2,1H3,(H,14,15,16). The maximum atomic E-state index is 11.0. The van der Waals surface area contributed by atoms with Gasteiger partial charge < -0.3 is 5.32 Å². The van der Waals surface area contributed by atoms with Crippen LogP contribution in [-0.2, 0) is 0 Å². The van der Waals surface area contributed by atoms with E-state index in [9.17, 15) is 4.79 Å². The molecule has 2 atom stereocenters. The number of aldehydes is 1. The largest absolute Gasteiger partial charge is 0.366 e. The lowest BCUT2D eigenvalue weighted by molar-refractivity contribution is 0.112. The fourth-order valence-corrected chi connectivity index (χ4v) is 2.48. The molecule has 0 spiro atoms. The van der Waals surface area contributed by atoms with Crippen LogP contribution in [-0.4, -0.2) is 22.3 Å². The Kier molecular flexibility index (Phi) is 3.94. The second kappa shape index (κ2) is 5.45. The summed E-state index contributed by atoms with van der Waals surface area (Å²) >= 11 is 5.86. The molecular weight excluding hydrogens is 238 g/mol. The number of anilines is 1. The van der Waals surface area contributed by atoms with Crippen LogP contribution >= 0.6 is 11.6 Å². The Balaban J connectivity index is 2.17. The van der Waals surface area contributed by atoms with Crippen molar-refractivity contribution in [2.24, 2.45) is 5.92 Å². The van der Waals surface area contributed by atoms with E-state index in [1.165, 1.54) is 25.6 Å². The van der Waals surface area contributed by atoms with Gasteiger partial charge in [-0.1, -0.05) is 31.4 Å². The lowest BCUT2D eigenvalue weighted by Crippen LogP contribution is -2.31. The van der Waals surface area contributed by atoms with Crippen molar-refractivity contribution in [3.8, 4) is 0 Å². The van der Waals surface area contributed by atoms with Crippen LogP contribution in [0.25, 0.3) is 0 Å². The van der Waals surface area contributed by atoms with E-state index in [-0.39, 0.29) is 5.15 Å². The van der Waals surface area contributed by atoms with Gasteiger partial charge in [0.05, 0.1) is 5.56 Å². The summed E-state index contributed by atoms with van der Waals surface area (Å²) < 4.78 is 0. The number of hydrogen-bond donors (Lipinski definition) is 1. The monoisotopic (exact) mass is 253 g/mol. The molecule has 5 heteroatoms. The number of nitrogens with one attached hydrogen (secondary N) is 1. The number of carbonyl (C=O) groups excluding carboxylic acids is 1. The molecule has 1 aromatic heterocycles. The smallest absolute Gasteiger partial charge is 0.156 e. The first kappa shape index (κ1) is 12.3. The van der Waals surface area contributed by atoms with Crippen molar-refractivity contribution in [2.45, 2.75) is 38.6 Å². The Bertz CT molecular complexity index is 411. The average molecular weight is 254 g/mol. The summed E-state index contributed by atoms with van der Waals surface area (Å²) in [5, 5.41) is 3.53. The molecule has 0 aromatic carbocycles. The van der Waals surface area contributed by atoms with E-state index in [0.717, 1.165) is 6.42 Å². The number of aromatic nitrogens is 2. The predicted octanol–water partition coefficient (Wildman–Crippen LogP) is 2.93. The van der Waals surface area contributed by atoms with E-state index in [1.807, 2.05) is 0 Å². The van der Waals surface area contributed by atoms with E-state index < -0.39 is 0 Å². The van der Waals surface area contributed by atoms with Gasteiger partial charge in [0.25, 0.3) is 0 Å². The third-order valence-corrected chi connectivity index (χ3v) is 3.69. The quantitative estimate of drug-likeness (QED) is 0.665. The summed E-state index contributed by atoms with van der Waals surface area (Å²) in [6.45, 7) is 2.22. The van der Waals surface area contributed by atoms with Crippen molar-refractivity contribution in [3.63, 3.8) is 0 Å². The maximum Gasteiger partial charge on any atom is 0.156 e. The highest BCUT2D eigenvalue weighted by Gasteiger charge is 2.22. The molecule has 0 radical (unpaired) electrons. The lowest BCUT2D eigenvalue weighted by atomic mass is 9.86. The molecule has 1 heterocycles. The third kappa shape index (κ3) is 2.75. The number of hydrogen-bond acceptors (Lipinski definition) is 4. The average Bonchev–Trinajstić information content (AvgIpc) is 2.32. The number of carbonyl (C=O) groups is 1. The van der Waals surface area contributed by atoms with Crippen LogP contribution in [0.2, 0.25) is 5.15 Å². The number of halogens is 1. The highest BCUT2D eigenvalue weighted by molar-refractivity contribution is 6.32. The van der Waals surface area contributed by atoms with Crippen LogP contribution in [0.3, 0.4) is 0 Å². The molecule has 17 heavy (non-hydrogen) atoms. The van der Waals surface area contributed by atoms with Crippen LogP contribution < -0.4 is 5.32 Å². The normalized spacial score (nSPS) is 24.4. The van der Waals surface area contributed by atoms with Gasteiger partial charge in [0.2, 0.25) is 0 Å². The van der Waals surface area contributed by atoms with Gasteiger partial charge in [0.1, 0.15) is 17.3 Å². The van der Waals surface area contributed by atoms with Gasteiger partial charge in [-0.05, 0) is 18.8 Å². The topological polar surface area (TPSA) is 54.9 Å². The molecule has 0 aliphatic heterocycles. The van der Waals surface area contributed by atoms with Gasteiger partial charge in [0.15, 0.2) is 6.29 Å². The molecule has 1 fully saturated rings. The van der Waals surface area contributed by atoms with Gasteiger partial charge in [-0.25, -0.2) is 9.97 Å². The van der Waals surface area contributed by atoms with Crippen molar-refractivity contribution >= 4 is 23.7 Å². The second-order valence-electron chi connectivity index (χ2n) is 4.56. The Morgan fingerprint density at radius 1 is 1.41 bits per heavy atom. The second-order valence-corrected chi connectivity index (χ2v) is 4.92. The Hall–Kier alpha value is -1.16. The Morgan fingerprint density at radius 2 is 2.18 bits per heavy atom. The molecule has 4 nitrogen and oxygen atoms in total. The van der Waals surface area contributed by atoms with E-state index in [0.29, 0.717) is 29.6 Å². The van der Waals surface area contributed by atoms with Crippen molar-refractivity contribution < 1.29 is 4.79 Å². The van der Waals surface area contributed by atoms with Crippen LogP contribution in [0, 0.1) is 5.92 Å². The molecule has 2 unspecified atom stereocenters. The van der Waals surface area contributed by atoms with Gasteiger partial charge >= 0.3 is 0 Å². The molecule has 2 rings (SSSR count). The summed E-state index contributed by atoms with van der Waals surface area (Å²) in [4.78, 5) is 18.9. The molecule has 1 N–H and O–H groups in total. The zero-order valence-electron chi connectivity index (χ0n) is 9.82. The molecule has 1 aromatic rings. The minimum Gasteiger partial charge on any atom is -0.366 e. The van der Waals surface area contributed by atoms with Gasteiger partial charge in [-0.15, -0.1) is 0 Å². The van der Waals surface area contributed by atoms with Crippen molar-refractivity contribution in [1.29, 1.82) is 0 Å². The lowest BCUT2D eigenvalue weighted by Gasteiger charge is -2.30. The van der Waals surface area contributed by atoms with Crippen molar-refractivity contribution in [2.75, 3.05) is 5.32 Å². The van der Waals surface area contributed by atoms with Crippen molar-refractivity contribution in [3.05, 3.63) is 17.0 Å². The molecule has 0 saturated heterocycles. The molecule has 0 bridgehead atoms. The van der Waals surface area contributed by atoms with Gasteiger partial charge in [-0.2, -0.15) is 0 Å². The van der Waals surface area contributed by atoms with E-state index in [2.05, 4.69) is 22.2 Å². The minimum absolute atomic E-state index is 0.209. The summed E-state index contributed by atoms with van der Waals surface area (Å²) in [5.41, 5.74) is 0.354. The van der Waals surface area contributed by atoms with Crippen LogP contribution in [0.15, 0.2) is 6.33 Å². The molecular formula is C12H16ClN3O. The molecule has 0 amide bonds. The summed E-state index contributed by atoms with van der Waals surface area (Å²) in [6.07, 6.45) is 6.92. The molecule has 1 aliphatic carbocycles. The summed E-state index contributed by atoms with van der Waals surface area (Å²) in [6, 6.07) is 0.369. The molecule has 1 aliphatic rings. The first-order valence-corrected chi connectivity index (χ1v) is 6.32. The summed E-state index contributed by atoms with van der Waals surface area (Å²) in [5.74, 6) is 1.15. The predicted molar refractivity (Wildman–Crippen MR) is 67.5 cm³/mol. The fraction of sp³-hybridized carbons (Fsp3) is 0.583. The molecule has 92 valence electrons. The zero-order chi connectivity index (χ0) is 12.3. The maximum absolute atomic E-state index is 11.0. The van der Waals surface area contributed by atoms with Gasteiger partial charge in [0, 0.05) is 6.04 Å². The Labute approximate surface area is 106 Å². The van der Waals surface area contributed by atoms with Crippen molar-refractivity contribution in [1.82, 2.24) is 9.97 Å². The van der Waals surface area contributed by atoms with Gasteiger partial charge in [-0.3, -0.25) is 4.79 Å². The van der Waals surface area contributed by atoms with E-state index in [4.69, 9.17) is 11.6 Å². The first-order valence-electron chi connectivity index (χ1n) is 5.94. The Morgan fingerprint density at radius 3 is 2.88 bits per heavy atom. The highest BCUT2D eigenvalue weighted by atomic mass is 35.5. The van der Waals surface area contributed by atoms with Crippen LogP contribution in [0.4, 0.5) is 5.82 Å². The summed E-state index contributed by atoms with van der Waals surface area (Å²) in [7, 11) is 0. The van der Waals surface area contributed by atoms with Crippen LogP contribution in [0.5, 0.6) is 0 Å². The fourth-order valence-electron chi connectivity index (χ4n) is 2.30. The minimum atomic E-state index is 0.209. The highest BCUT2D eigenvalue weighted by Crippen LogP contribution is 2.27. The first-order chi connectivity index (χ1) is 8.22. The SMILES string of the molecule is CC1CCCCC1Nc1ncnc(Cl)c1C=O.